The normalized spacial score (nSPS) is 40.8. The highest BCUT2D eigenvalue weighted by molar-refractivity contribution is 5.88. The molecule has 1 aromatic rings. The van der Waals surface area contributed by atoms with E-state index in [-0.39, 0.29) is 46.3 Å². The van der Waals surface area contributed by atoms with Gasteiger partial charge >= 0.3 is 5.97 Å². The third kappa shape index (κ3) is 4.86. The van der Waals surface area contributed by atoms with E-state index in [0.29, 0.717) is 41.7 Å². The van der Waals surface area contributed by atoms with Gasteiger partial charge in [-0.05, 0) is 139 Å². The summed E-state index contributed by atoms with van der Waals surface area (Å²) in [6.07, 6.45) is 12.8. The molecular formula is C40H58N2O4. The Bertz CT molecular complexity index is 1410. The van der Waals surface area contributed by atoms with Gasteiger partial charge in [0.25, 0.3) is 0 Å². The largest absolute Gasteiger partial charge is 0.478 e. The first-order valence-corrected chi connectivity index (χ1v) is 18.0. The van der Waals surface area contributed by atoms with Crippen LogP contribution < -0.4 is 10.6 Å². The quantitative estimate of drug-likeness (QED) is 0.176. The van der Waals surface area contributed by atoms with E-state index in [1.54, 1.807) is 12.1 Å². The second kappa shape index (κ2) is 11.6. The van der Waals surface area contributed by atoms with Gasteiger partial charge in [0, 0.05) is 12.1 Å². The highest BCUT2D eigenvalue weighted by atomic mass is 16.4. The van der Waals surface area contributed by atoms with Crippen LogP contribution in [0.25, 0.3) is 5.57 Å². The summed E-state index contributed by atoms with van der Waals surface area (Å²) in [6.45, 7) is 20.2. The van der Waals surface area contributed by atoms with Crippen molar-refractivity contribution in [3.05, 3.63) is 53.6 Å². The zero-order valence-electron chi connectivity index (χ0n) is 29.2. The number of aliphatic hydroxyl groups is 1. The number of carboxylic acids is 1. The number of allylic oxidation sites excluding steroid dienone is 3. The van der Waals surface area contributed by atoms with Crippen LogP contribution in [0.5, 0.6) is 0 Å². The molecule has 0 aromatic heterocycles. The van der Waals surface area contributed by atoms with Crippen molar-refractivity contribution in [2.75, 3.05) is 19.7 Å². The van der Waals surface area contributed by atoms with Gasteiger partial charge in [-0.15, -0.1) is 0 Å². The van der Waals surface area contributed by atoms with Crippen molar-refractivity contribution < 1.29 is 19.8 Å². The number of fused-ring (bicyclic) bond motifs is 7. The number of hydrogen-bond acceptors (Lipinski definition) is 4. The van der Waals surface area contributed by atoms with Gasteiger partial charge in [-0.25, -0.2) is 4.79 Å². The molecule has 4 fully saturated rings. The van der Waals surface area contributed by atoms with E-state index >= 15 is 0 Å². The lowest BCUT2D eigenvalue weighted by Gasteiger charge is -2.72. The van der Waals surface area contributed by atoms with E-state index < -0.39 is 5.97 Å². The monoisotopic (exact) mass is 630 g/mol. The maximum atomic E-state index is 13.3. The van der Waals surface area contributed by atoms with Gasteiger partial charge < -0.3 is 20.8 Å². The van der Waals surface area contributed by atoms with Crippen LogP contribution in [0.2, 0.25) is 0 Å². The second-order valence-corrected chi connectivity index (χ2v) is 17.2. The lowest BCUT2D eigenvalue weighted by molar-refractivity contribution is -0.219. The van der Waals surface area contributed by atoms with Crippen LogP contribution in [-0.4, -0.2) is 47.3 Å². The molecule has 0 aliphatic heterocycles. The van der Waals surface area contributed by atoms with Crippen LogP contribution in [0.1, 0.15) is 115 Å². The van der Waals surface area contributed by atoms with E-state index in [1.807, 2.05) is 12.1 Å². The smallest absolute Gasteiger partial charge is 0.335 e. The minimum Gasteiger partial charge on any atom is -0.478 e. The van der Waals surface area contributed by atoms with Gasteiger partial charge in [0.05, 0.1) is 18.7 Å². The summed E-state index contributed by atoms with van der Waals surface area (Å²) >= 11 is 0. The number of carboxylic acid groups (broad SMARTS) is 1. The number of hydrogen-bond donors (Lipinski definition) is 4. The Labute approximate surface area is 276 Å². The van der Waals surface area contributed by atoms with Gasteiger partial charge in [-0.3, -0.25) is 4.79 Å². The van der Waals surface area contributed by atoms with Crippen LogP contribution >= 0.6 is 0 Å². The van der Waals surface area contributed by atoms with Crippen molar-refractivity contribution in [2.24, 2.45) is 51.2 Å². The maximum absolute atomic E-state index is 13.3. The fourth-order valence-electron chi connectivity index (χ4n) is 12.9. The molecule has 6 heteroatoms. The SMILES string of the molecule is C=C(C)[C@@H]1CC[C@]2(NC(=O)CNCCO)CC[C@]3(C)[C@H](CC[C@@H]4[C@@]5(C)CC=C(c6ccc(C(=O)O)cc6)C(C)(C)[C@@H]5CC[C@]43C)[C@@H]12. The van der Waals surface area contributed by atoms with E-state index in [0.717, 1.165) is 37.7 Å². The van der Waals surface area contributed by atoms with E-state index in [1.165, 1.54) is 36.8 Å². The lowest BCUT2D eigenvalue weighted by atomic mass is 9.33. The Morgan fingerprint density at radius 3 is 2.28 bits per heavy atom. The number of nitrogens with one attached hydrogen (secondary N) is 2. The maximum Gasteiger partial charge on any atom is 0.335 e. The molecular weight excluding hydrogens is 572 g/mol. The number of rotatable bonds is 8. The van der Waals surface area contributed by atoms with Crippen molar-refractivity contribution >= 4 is 17.4 Å². The standard InChI is InChI=1S/C40H58N2O4/c1-25(2)28-14-19-40(42-33(44)24-41-22-23-43)21-20-38(6)30(34(28)40)12-13-32-37(5)17-15-29(26-8-10-27(11-9-26)35(45)46)36(3,4)31(37)16-18-39(32,38)7/h8-11,15,28,30-32,34,41,43H,1,12-14,16-24H2,2-7H3,(H,42,44)(H,45,46)/t28-,30+,31-,32+,34+,37-,38+,39+,40-/m0/s1. The molecule has 46 heavy (non-hydrogen) atoms. The molecule has 4 N–H and O–H groups in total. The van der Waals surface area contributed by atoms with E-state index in [9.17, 15) is 19.8 Å². The van der Waals surface area contributed by atoms with Crippen LogP contribution in [0.4, 0.5) is 0 Å². The molecule has 0 radical (unpaired) electrons. The third-order valence-corrected chi connectivity index (χ3v) is 15.0. The van der Waals surface area contributed by atoms with Gasteiger partial charge in [0.15, 0.2) is 0 Å². The van der Waals surface area contributed by atoms with E-state index in [2.05, 4.69) is 64.8 Å². The Balaban J connectivity index is 1.31. The summed E-state index contributed by atoms with van der Waals surface area (Å²) in [7, 11) is 0. The Kier molecular flexibility index (Phi) is 8.45. The zero-order chi connectivity index (χ0) is 33.3. The molecule has 0 saturated heterocycles. The van der Waals surface area contributed by atoms with Gasteiger partial charge in [-0.2, -0.15) is 0 Å². The van der Waals surface area contributed by atoms with Crippen molar-refractivity contribution in [3.63, 3.8) is 0 Å². The number of aliphatic hydroxyl groups excluding tert-OH is 1. The van der Waals surface area contributed by atoms with Crippen LogP contribution in [0.15, 0.2) is 42.5 Å². The van der Waals surface area contributed by atoms with Crippen LogP contribution in [0.3, 0.4) is 0 Å². The summed E-state index contributed by atoms with van der Waals surface area (Å²) in [5.74, 6) is 1.76. The first-order valence-electron chi connectivity index (χ1n) is 18.0. The summed E-state index contributed by atoms with van der Waals surface area (Å²) < 4.78 is 0. The number of carbonyl (C=O) groups excluding carboxylic acids is 1. The summed E-state index contributed by atoms with van der Waals surface area (Å²) in [5.41, 5.74) is 4.56. The third-order valence-electron chi connectivity index (χ3n) is 15.0. The van der Waals surface area contributed by atoms with Crippen LogP contribution in [-0.2, 0) is 4.79 Å². The van der Waals surface area contributed by atoms with Gasteiger partial charge in [0.2, 0.25) is 5.91 Å². The van der Waals surface area contributed by atoms with Crippen molar-refractivity contribution in [1.29, 1.82) is 0 Å². The molecule has 6 nitrogen and oxygen atoms in total. The predicted octanol–water partition coefficient (Wildman–Crippen LogP) is 7.49. The van der Waals surface area contributed by atoms with Gasteiger partial charge in [0.1, 0.15) is 0 Å². The fraction of sp³-hybridized carbons (Fsp3) is 0.700. The minimum absolute atomic E-state index is 0.0105. The Morgan fingerprint density at radius 1 is 0.913 bits per heavy atom. The molecule has 4 saturated carbocycles. The lowest BCUT2D eigenvalue weighted by Crippen LogP contribution is -2.68. The molecule has 0 spiro atoms. The number of carbonyl (C=O) groups is 2. The summed E-state index contributed by atoms with van der Waals surface area (Å²) in [4.78, 5) is 24.8. The highest BCUT2D eigenvalue weighted by Crippen LogP contribution is 2.76. The predicted molar refractivity (Wildman–Crippen MR) is 184 cm³/mol. The molecule has 5 aliphatic rings. The average molecular weight is 631 g/mol. The second-order valence-electron chi connectivity index (χ2n) is 17.2. The Hall–Kier alpha value is -2.44. The fourth-order valence-corrected chi connectivity index (χ4v) is 12.9. The van der Waals surface area contributed by atoms with Crippen molar-refractivity contribution in [2.45, 2.75) is 105 Å². The minimum atomic E-state index is -0.878. The average Bonchev–Trinajstić information content (AvgIpc) is 3.37. The molecule has 0 bridgehead atoms. The topological polar surface area (TPSA) is 98.7 Å². The van der Waals surface area contributed by atoms with E-state index in [4.69, 9.17) is 0 Å². The molecule has 0 heterocycles. The molecule has 9 atom stereocenters. The summed E-state index contributed by atoms with van der Waals surface area (Å²) in [5, 5.41) is 25.4. The van der Waals surface area contributed by atoms with Crippen molar-refractivity contribution in [3.8, 4) is 0 Å². The molecule has 1 aromatic carbocycles. The van der Waals surface area contributed by atoms with Gasteiger partial charge in [-0.1, -0.05) is 65.0 Å². The molecule has 252 valence electrons. The molecule has 6 rings (SSSR count). The molecule has 5 aliphatic carbocycles. The molecule has 1 amide bonds. The molecule has 0 unspecified atom stereocenters. The van der Waals surface area contributed by atoms with Crippen LogP contribution in [0, 0.1) is 51.2 Å². The first-order chi connectivity index (χ1) is 21.6. The number of amides is 1. The van der Waals surface area contributed by atoms with Crippen molar-refractivity contribution in [1.82, 2.24) is 10.6 Å². The number of aromatic carboxylic acids is 1. The summed E-state index contributed by atoms with van der Waals surface area (Å²) in [6, 6.07) is 7.52. The Morgan fingerprint density at radius 2 is 1.63 bits per heavy atom. The first kappa shape index (κ1) is 33.5. The highest BCUT2D eigenvalue weighted by Gasteiger charge is 2.70. The number of benzene rings is 1. The zero-order valence-corrected chi connectivity index (χ0v) is 29.2.